The number of aromatic amines is 1. The molecule has 0 fully saturated rings. The molecule has 1 heterocycles. The molecule has 0 aliphatic rings. The molecule has 10 nitrogen and oxygen atoms in total. The van der Waals surface area contributed by atoms with E-state index in [-0.39, 0.29) is 11.4 Å². The van der Waals surface area contributed by atoms with Crippen molar-refractivity contribution >= 4 is 30.2 Å². The highest BCUT2D eigenvalue weighted by atomic mass is 32.3. The van der Waals surface area contributed by atoms with Crippen molar-refractivity contribution in [2.24, 2.45) is 0 Å². The predicted molar refractivity (Wildman–Crippen MR) is 95.4 cm³/mol. The Kier molecular flexibility index (Phi) is 6.97. The fourth-order valence-electron chi connectivity index (χ4n) is 2.01. The number of halogens is 9. The third-order valence-corrected chi connectivity index (χ3v) is 8.33. The number of aromatic nitrogens is 2. The van der Waals surface area contributed by atoms with E-state index in [0.29, 0.717) is 12.1 Å². The van der Waals surface area contributed by atoms with E-state index in [1.54, 1.807) is 0 Å². The van der Waals surface area contributed by atoms with Gasteiger partial charge in [-0.1, -0.05) is 4.13 Å². The van der Waals surface area contributed by atoms with Crippen LogP contribution in [0, 0.1) is 0 Å². The third kappa shape index (κ3) is 4.91. The summed E-state index contributed by atoms with van der Waals surface area (Å²) in [6.45, 7) is 0. The molecule has 1 aromatic heterocycles. The molecule has 2 N–H and O–H groups in total. The molecule has 0 saturated heterocycles. The molecule has 2 rings (SSSR count). The van der Waals surface area contributed by atoms with Crippen LogP contribution in [0.25, 0.3) is 11.4 Å². The van der Waals surface area contributed by atoms with Crippen molar-refractivity contribution in [3.05, 3.63) is 36.7 Å². The number of nitrogens with one attached hydrogen (secondary N) is 2. The summed E-state index contributed by atoms with van der Waals surface area (Å²) < 4.78 is 190. The minimum atomic E-state index is -7.86. The Balaban J connectivity index is 2.42. The number of alkyl halides is 9. The van der Waals surface area contributed by atoms with Crippen molar-refractivity contribution in [3.8, 4) is 17.1 Å². The molecule has 35 heavy (non-hydrogen) atoms. The molecule has 0 spiro atoms. The maximum Gasteiger partial charge on any atom is 0.512 e. The zero-order chi connectivity index (χ0) is 27.3. The average molecular weight is 585 g/mol. The molecule has 0 bridgehead atoms. The molecule has 2 aromatic rings. The molecule has 0 aliphatic heterocycles. The molecular weight excluding hydrogens is 577 g/mol. The van der Waals surface area contributed by atoms with Gasteiger partial charge in [0.15, 0.2) is 0 Å². The Labute approximate surface area is 189 Å². The number of hydrogen-bond donors (Lipinski definition) is 2. The van der Waals surface area contributed by atoms with Gasteiger partial charge in [0.2, 0.25) is 0 Å². The lowest BCUT2D eigenvalue weighted by molar-refractivity contribution is -0.245. The summed E-state index contributed by atoms with van der Waals surface area (Å²) in [5.74, 6) is -8.58. The van der Waals surface area contributed by atoms with Gasteiger partial charge in [0.25, 0.3) is 10.0 Å². The number of rotatable bonds is 9. The summed E-state index contributed by atoms with van der Waals surface area (Å²) in [5, 5.41) is -14.6. The Morgan fingerprint density at radius 2 is 1.29 bits per heavy atom. The second-order valence-corrected chi connectivity index (χ2v) is 11.4. The van der Waals surface area contributed by atoms with Gasteiger partial charge in [0.05, 0.1) is 0 Å². The fraction of sp³-hybridized carbons (Fsp3) is 0.308. The van der Waals surface area contributed by atoms with Crippen LogP contribution in [0.1, 0.15) is 0 Å². The summed E-state index contributed by atoms with van der Waals surface area (Å²) in [6.07, 6.45) is 2.62. The number of H-pyrrole nitrogens is 1. The second-order valence-electron chi connectivity index (χ2n) is 6.14. The molecule has 0 saturated carbocycles. The van der Waals surface area contributed by atoms with E-state index in [1.165, 1.54) is 12.4 Å². The molecule has 0 unspecified atom stereocenters. The van der Waals surface area contributed by atoms with E-state index in [1.807, 2.05) is 0 Å². The fourth-order valence-corrected chi connectivity index (χ4v) is 5.40. The van der Waals surface area contributed by atoms with Gasteiger partial charge >= 0.3 is 42.1 Å². The van der Waals surface area contributed by atoms with E-state index in [9.17, 15) is 64.8 Å². The standard InChI is InChI=1S/C13H8F9N3O7S3/c14-10(15,11(16,17)33(26,27)25-34(28,29)13(20,21)22)12(18,19)35(30,31)32-8-3-1-7(2-4-8)9-23-5-6-24-9/h1-6,25H,(H,23,24). The second kappa shape index (κ2) is 8.51. The quantitative estimate of drug-likeness (QED) is 0.336. The number of imidazole rings is 1. The van der Waals surface area contributed by atoms with Gasteiger partial charge in [-0.15, -0.1) is 0 Å². The van der Waals surface area contributed by atoms with Crippen LogP contribution < -0.4 is 8.31 Å². The van der Waals surface area contributed by atoms with Crippen LogP contribution >= 0.6 is 0 Å². The van der Waals surface area contributed by atoms with Crippen molar-refractivity contribution in [1.82, 2.24) is 14.1 Å². The predicted octanol–water partition coefficient (Wildman–Crippen LogP) is 2.38. The number of hydrogen-bond acceptors (Lipinski definition) is 8. The van der Waals surface area contributed by atoms with Crippen LogP contribution in [0.4, 0.5) is 39.5 Å². The summed E-state index contributed by atoms with van der Waals surface area (Å²) in [4.78, 5) is 6.33. The van der Waals surface area contributed by atoms with Crippen LogP contribution in [-0.4, -0.2) is 57.2 Å². The summed E-state index contributed by atoms with van der Waals surface area (Å²) in [7, 11) is -22.4. The largest absolute Gasteiger partial charge is 0.512 e. The smallest absolute Gasteiger partial charge is 0.378 e. The van der Waals surface area contributed by atoms with Crippen molar-refractivity contribution in [3.63, 3.8) is 0 Å². The zero-order valence-electron chi connectivity index (χ0n) is 15.9. The van der Waals surface area contributed by atoms with Gasteiger partial charge in [-0.2, -0.15) is 47.9 Å². The third-order valence-electron chi connectivity index (χ3n) is 3.74. The average Bonchev–Trinajstić information content (AvgIpc) is 3.20. The zero-order valence-corrected chi connectivity index (χ0v) is 18.3. The first kappa shape index (κ1) is 28.6. The normalized spacial score (nSPS) is 14.7. The molecule has 22 heteroatoms. The van der Waals surface area contributed by atoms with Gasteiger partial charge in [-0.05, 0) is 24.3 Å². The first-order chi connectivity index (χ1) is 15.5. The van der Waals surface area contributed by atoms with Gasteiger partial charge in [-0.25, -0.2) is 21.8 Å². The lowest BCUT2D eigenvalue weighted by Gasteiger charge is -2.31. The Bertz CT molecular complexity index is 1390. The molecular formula is C13H8F9N3O7S3. The van der Waals surface area contributed by atoms with Gasteiger partial charge < -0.3 is 9.17 Å². The Morgan fingerprint density at radius 3 is 1.71 bits per heavy atom. The number of nitrogens with zero attached hydrogens (tertiary/aromatic N) is 1. The van der Waals surface area contributed by atoms with Gasteiger partial charge in [-0.3, -0.25) is 0 Å². The summed E-state index contributed by atoms with van der Waals surface area (Å²) in [5.41, 5.74) is -6.49. The SMILES string of the molecule is O=S(=O)(NS(=O)(=O)C(F)(F)C(F)(F)C(F)(F)S(=O)(=O)Oc1ccc(-c2ncc[nH]2)cc1)C(F)(F)F. The maximum absolute atomic E-state index is 14.0. The van der Waals surface area contributed by atoms with E-state index >= 15 is 0 Å². The van der Waals surface area contributed by atoms with Gasteiger partial charge in [0.1, 0.15) is 11.6 Å². The number of sulfonamides is 2. The van der Waals surface area contributed by atoms with Crippen molar-refractivity contribution in [1.29, 1.82) is 0 Å². The molecule has 0 amide bonds. The van der Waals surface area contributed by atoms with Gasteiger partial charge in [0, 0.05) is 18.0 Å². The van der Waals surface area contributed by atoms with E-state index < -0.39 is 62.0 Å². The van der Waals surface area contributed by atoms with Crippen LogP contribution in [0.2, 0.25) is 0 Å². The van der Waals surface area contributed by atoms with Crippen LogP contribution in [0.5, 0.6) is 5.75 Å². The minimum Gasteiger partial charge on any atom is -0.378 e. The first-order valence-electron chi connectivity index (χ1n) is 8.02. The van der Waals surface area contributed by atoms with Crippen molar-refractivity contribution in [2.75, 3.05) is 0 Å². The molecule has 0 atom stereocenters. The molecule has 0 aliphatic carbocycles. The summed E-state index contributed by atoms with van der Waals surface area (Å²) >= 11 is 0. The topological polar surface area (TPSA) is 152 Å². The van der Waals surface area contributed by atoms with Crippen molar-refractivity contribution < 1.29 is 69.0 Å². The van der Waals surface area contributed by atoms with E-state index in [0.717, 1.165) is 12.1 Å². The van der Waals surface area contributed by atoms with E-state index in [2.05, 4.69) is 14.2 Å². The molecule has 198 valence electrons. The highest BCUT2D eigenvalue weighted by molar-refractivity contribution is 8.05. The minimum absolute atomic E-state index is 0.155. The maximum atomic E-state index is 14.0. The van der Waals surface area contributed by atoms with Crippen molar-refractivity contribution in [2.45, 2.75) is 21.9 Å². The van der Waals surface area contributed by atoms with Crippen LogP contribution in [-0.2, 0) is 30.2 Å². The van der Waals surface area contributed by atoms with Crippen LogP contribution in [0.3, 0.4) is 0 Å². The first-order valence-corrected chi connectivity index (χ1v) is 12.4. The van der Waals surface area contributed by atoms with Crippen LogP contribution in [0.15, 0.2) is 36.7 Å². The monoisotopic (exact) mass is 585 g/mol. The summed E-state index contributed by atoms with van der Waals surface area (Å²) in [6, 6.07) is 3.06. The van der Waals surface area contributed by atoms with E-state index in [4.69, 9.17) is 0 Å². The highest BCUT2D eigenvalue weighted by Crippen LogP contribution is 2.51. The Hall–Kier alpha value is -2.59. The highest BCUT2D eigenvalue weighted by Gasteiger charge is 2.83. The lowest BCUT2D eigenvalue weighted by atomic mass is 10.2. The molecule has 0 radical (unpaired) electrons. The lowest BCUT2D eigenvalue weighted by Crippen LogP contribution is -2.64. The molecule has 1 aromatic carbocycles. The Morgan fingerprint density at radius 1 is 0.771 bits per heavy atom. The number of benzene rings is 1.